The number of carbonyl (C=O) groups excluding carboxylic acids is 2. The summed E-state index contributed by atoms with van der Waals surface area (Å²) < 4.78 is 54.4. The van der Waals surface area contributed by atoms with Gasteiger partial charge in [-0.3, -0.25) is 14.4 Å². The van der Waals surface area contributed by atoms with E-state index in [9.17, 15) is 27.6 Å². The monoisotopic (exact) mass is 827 g/mol. The van der Waals surface area contributed by atoms with E-state index in [2.05, 4.69) is 20.4 Å². The fourth-order valence-corrected chi connectivity index (χ4v) is 7.53. The Kier molecular flexibility index (Phi) is 10.7. The zero-order valence-electron chi connectivity index (χ0n) is 31.9. The van der Waals surface area contributed by atoms with Gasteiger partial charge in [-0.2, -0.15) is 22.7 Å². The molecule has 2 amide bonds. The van der Waals surface area contributed by atoms with Crippen LogP contribution in [0.2, 0.25) is 5.02 Å². The Hall–Kier alpha value is -6.49. The highest BCUT2D eigenvalue weighted by Crippen LogP contribution is 2.34. The number of aryl methyl sites for hydroxylation is 1. The molecule has 14 nitrogen and oxygen atoms in total. The lowest BCUT2D eigenvalue weighted by molar-refractivity contribution is -0.137. The van der Waals surface area contributed by atoms with E-state index in [1.54, 1.807) is 22.5 Å². The zero-order valence-corrected chi connectivity index (χ0v) is 32.7. The van der Waals surface area contributed by atoms with Crippen molar-refractivity contribution in [1.82, 2.24) is 34.0 Å². The van der Waals surface area contributed by atoms with Gasteiger partial charge in [0, 0.05) is 38.2 Å². The molecule has 3 aromatic heterocycles. The Morgan fingerprint density at radius 1 is 1.00 bits per heavy atom. The van der Waals surface area contributed by atoms with Crippen molar-refractivity contribution in [2.24, 2.45) is 0 Å². The Labute approximate surface area is 340 Å². The first-order chi connectivity index (χ1) is 28.4. The number of hydrogen-bond acceptors (Lipinski definition) is 10. The number of nitrogens with one attached hydrogen (secondary N) is 1. The lowest BCUT2D eigenvalue weighted by atomic mass is 10.1. The van der Waals surface area contributed by atoms with E-state index in [0.29, 0.717) is 35.7 Å². The van der Waals surface area contributed by atoms with Crippen molar-refractivity contribution in [2.75, 3.05) is 43.0 Å². The number of fused-ring (bicyclic) bond motifs is 2. The van der Waals surface area contributed by atoms with Gasteiger partial charge in [0.25, 0.3) is 11.5 Å². The van der Waals surface area contributed by atoms with Gasteiger partial charge in [-0.1, -0.05) is 48.9 Å². The Morgan fingerprint density at radius 2 is 1.78 bits per heavy atom. The molecule has 304 valence electrons. The van der Waals surface area contributed by atoms with Gasteiger partial charge in [-0.25, -0.2) is 9.97 Å². The Balaban J connectivity index is 1.10. The third-order valence-electron chi connectivity index (χ3n) is 10.3. The number of benzene rings is 3. The molecule has 2 aliphatic heterocycles. The molecule has 18 heteroatoms. The van der Waals surface area contributed by atoms with Crippen LogP contribution in [-0.2, 0) is 37.0 Å². The minimum atomic E-state index is -4.62. The largest absolute Gasteiger partial charge is 0.493 e. The van der Waals surface area contributed by atoms with Crippen molar-refractivity contribution < 1.29 is 32.2 Å². The maximum absolute atomic E-state index is 14.5. The molecule has 0 radical (unpaired) electrons. The number of alkyl halides is 3. The third-order valence-corrected chi connectivity index (χ3v) is 10.6. The van der Waals surface area contributed by atoms with Crippen molar-refractivity contribution in [3.8, 4) is 22.9 Å². The van der Waals surface area contributed by atoms with Crippen molar-refractivity contribution in [3.63, 3.8) is 0 Å². The summed E-state index contributed by atoms with van der Waals surface area (Å²) in [5.41, 5.74) is 2.48. The number of nitrogens with zero attached hydrogens (tertiary/aromatic N) is 8. The molecule has 6 aromatic rings. The maximum atomic E-state index is 14.5. The van der Waals surface area contributed by atoms with Gasteiger partial charge in [-0.15, -0.1) is 5.10 Å². The molecule has 3 aromatic carbocycles. The average Bonchev–Trinajstić information content (AvgIpc) is 3.90. The highest BCUT2D eigenvalue weighted by Gasteiger charge is 2.33. The summed E-state index contributed by atoms with van der Waals surface area (Å²) in [4.78, 5) is 58.9. The van der Waals surface area contributed by atoms with Gasteiger partial charge in [0.05, 0.1) is 34.3 Å². The summed E-state index contributed by atoms with van der Waals surface area (Å²) in [5, 5.41) is 6.95. The number of halogens is 4. The van der Waals surface area contributed by atoms with Crippen LogP contribution < -0.4 is 25.2 Å². The molecule has 0 aliphatic carbocycles. The minimum absolute atomic E-state index is 0.0178. The minimum Gasteiger partial charge on any atom is -0.493 e. The lowest BCUT2D eigenvalue weighted by Crippen LogP contribution is -2.51. The predicted molar refractivity (Wildman–Crippen MR) is 212 cm³/mol. The first kappa shape index (κ1) is 39.3. The van der Waals surface area contributed by atoms with Crippen LogP contribution in [0.3, 0.4) is 0 Å². The quantitative estimate of drug-likeness (QED) is 0.174. The Bertz CT molecular complexity index is 2640. The molecule has 0 atom stereocenters. The van der Waals surface area contributed by atoms with E-state index < -0.39 is 23.2 Å². The van der Waals surface area contributed by atoms with E-state index in [0.717, 1.165) is 39.6 Å². The van der Waals surface area contributed by atoms with Crippen LogP contribution in [0.5, 0.6) is 11.5 Å². The topological polar surface area (TPSA) is 149 Å². The van der Waals surface area contributed by atoms with Crippen LogP contribution in [-0.4, -0.2) is 78.6 Å². The van der Waals surface area contributed by atoms with Crippen LogP contribution in [0.1, 0.15) is 45.5 Å². The number of amides is 2. The number of hydrogen-bond donors (Lipinski definition) is 1. The van der Waals surface area contributed by atoms with Gasteiger partial charge in [0.15, 0.2) is 17.3 Å². The molecule has 0 spiro atoms. The molecule has 8 rings (SSSR count). The molecular formula is C41H37ClF3N9O5. The van der Waals surface area contributed by atoms with E-state index in [1.807, 2.05) is 54.3 Å². The Morgan fingerprint density at radius 3 is 2.51 bits per heavy atom. The second-order valence-corrected chi connectivity index (χ2v) is 14.4. The SMILES string of the molecule is CCc1c(N2CCN(C(=O)c3ncnc(C)c3OCc3ccccc3)CC2)c(=O)n2nc(-c3ccc4c(c3)CCO4)nc2n1CC(=O)Nc1ccc(C(F)(F)F)cc1Cl. The van der Waals surface area contributed by atoms with Crippen molar-refractivity contribution in [1.29, 1.82) is 0 Å². The maximum Gasteiger partial charge on any atom is 0.416 e. The van der Waals surface area contributed by atoms with Crippen LogP contribution in [0.15, 0.2) is 77.9 Å². The number of piperazine rings is 1. The van der Waals surface area contributed by atoms with Crippen molar-refractivity contribution in [2.45, 2.75) is 46.0 Å². The molecule has 1 saturated heterocycles. The molecule has 59 heavy (non-hydrogen) atoms. The highest BCUT2D eigenvalue weighted by atomic mass is 35.5. The molecule has 5 heterocycles. The van der Waals surface area contributed by atoms with Crippen LogP contribution in [0, 0.1) is 6.92 Å². The number of aromatic nitrogens is 6. The smallest absolute Gasteiger partial charge is 0.416 e. The van der Waals surface area contributed by atoms with Crippen LogP contribution in [0.25, 0.3) is 17.2 Å². The second kappa shape index (κ2) is 16.0. The molecule has 0 unspecified atom stereocenters. The number of rotatable bonds is 10. The fraction of sp³-hybridized carbons (Fsp3) is 0.293. The fourth-order valence-electron chi connectivity index (χ4n) is 7.30. The lowest BCUT2D eigenvalue weighted by Gasteiger charge is -2.36. The molecule has 0 bridgehead atoms. The summed E-state index contributed by atoms with van der Waals surface area (Å²) in [6.45, 7) is 4.93. The van der Waals surface area contributed by atoms with Crippen LogP contribution in [0.4, 0.5) is 24.5 Å². The van der Waals surface area contributed by atoms with Gasteiger partial charge in [-0.05, 0) is 60.9 Å². The van der Waals surface area contributed by atoms with Gasteiger partial charge in [0.1, 0.15) is 30.9 Å². The van der Waals surface area contributed by atoms with Crippen LogP contribution >= 0.6 is 11.6 Å². The molecule has 0 saturated carbocycles. The van der Waals surface area contributed by atoms with E-state index in [-0.39, 0.29) is 85.4 Å². The first-order valence-corrected chi connectivity index (χ1v) is 19.2. The number of anilines is 2. The molecule has 2 aliphatic rings. The zero-order chi connectivity index (χ0) is 41.4. The molecule has 1 N–H and O–H groups in total. The standard InChI is InChI=1S/C41H37ClF3N9O5/c1-3-31-35(51-14-16-52(17-15-51)38(56)34-36(24(2)46-23-47-34)59-22-25-7-5-4-6-8-25)39(57)54-40(49-37(50-54)27-9-12-32-26(19-27)13-18-58-32)53(31)21-33(55)48-30-11-10-28(20-29(30)42)41(43,44)45/h4-12,19-20,23H,3,13-18,21-22H2,1-2H3,(H,48,55). The summed E-state index contributed by atoms with van der Waals surface area (Å²) >= 11 is 6.18. The van der Waals surface area contributed by atoms with Crippen molar-refractivity contribution in [3.05, 3.63) is 122 Å². The summed E-state index contributed by atoms with van der Waals surface area (Å²) in [5.74, 6) is 0.413. The third kappa shape index (κ3) is 7.89. The highest BCUT2D eigenvalue weighted by molar-refractivity contribution is 6.33. The van der Waals surface area contributed by atoms with E-state index >= 15 is 0 Å². The number of carbonyl (C=O) groups is 2. The molecule has 1 fully saturated rings. The van der Waals surface area contributed by atoms with Crippen molar-refractivity contribution >= 4 is 40.6 Å². The molecular weight excluding hydrogens is 791 g/mol. The van der Waals surface area contributed by atoms with Gasteiger partial charge < -0.3 is 29.2 Å². The van der Waals surface area contributed by atoms with E-state index in [1.165, 1.54) is 6.33 Å². The van der Waals surface area contributed by atoms with Gasteiger partial charge in [0.2, 0.25) is 11.7 Å². The van der Waals surface area contributed by atoms with Gasteiger partial charge >= 0.3 is 6.18 Å². The summed E-state index contributed by atoms with van der Waals surface area (Å²) in [6, 6.07) is 17.7. The number of ether oxygens (including phenoxy) is 2. The average molecular weight is 828 g/mol. The predicted octanol–water partition coefficient (Wildman–Crippen LogP) is 6.01. The normalized spacial score (nSPS) is 14.0. The summed E-state index contributed by atoms with van der Waals surface area (Å²) in [7, 11) is 0. The van der Waals surface area contributed by atoms with E-state index in [4.69, 9.17) is 26.1 Å². The summed E-state index contributed by atoms with van der Waals surface area (Å²) in [6.07, 6.45) is -2.31. The second-order valence-electron chi connectivity index (χ2n) is 14.0. The first-order valence-electron chi connectivity index (χ1n) is 18.9.